The number of morpholine rings is 1. The highest BCUT2D eigenvalue weighted by molar-refractivity contribution is 5.94. The maximum atomic E-state index is 13.5. The van der Waals surface area contributed by atoms with Gasteiger partial charge in [-0.05, 0) is 31.5 Å². The second kappa shape index (κ2) is 5.58. The van der Waals surface area contributed by atoms with Crippen LogP contribution < -0.4 is 0 Å². The van der Waals surface area contributed by atoms with Crippen LogP contribution in [0, 0.1) is 12.7 Å². The molecule has 20 heavy (non-hydrogen) atoms. The summed E-state index contributed by atoms with van der Waals surface area (Å²) in [5.74, 6) is -1.94. The van der Waals surface area contributed by atoms with Crippen LogP contribution >= 0.6 is 0 Å². The molecule has 0 spiro atoms. The van der Waals surface area contributed by atoms with Crippen LogP contribution in [0.3, 0.4) is 0 Å². The molecule has 0 aliphatic carbocycles. The van der Waals surface area contributed by atoms with Crippen LogP contribution in [0.2, 0.25) is 0 Å². The van der Waals surface area contributed by atoms with Gasteiger partial charge in [0.25, 0.3) is 5.91 Å². The number of carboxylic acids is 1. The average Bonchev–Trinajstić information content (AvgIpc) is 2.40. The molecule has 1 unspecified atom stereocenters. The van der Waals surface area contributed by atoms with Gasteiger partial charge in [-0.1, -0.05) is 6.07 Å². The van der Waals surface area contributed by atoms with Crippen LogP contribution in [0.5, 0.6) is 0 Å². The Hall–Kier alpha value is -1.95. The van der Waals surface area contributed by atoms with Gasteiger partial charge in [-0.15, -0.1) is 0 Å². The average molecular weight is 281 g/mol. The van der Waals surface area contributed by atoms with Gasteiger partial charge < -0.3 is 14.7 Å². The second-order valence-electron chi connectivity index (χ2n) is 4.95. The number of hydrogen-bond donors (Lipinski definition) is 1. The van der Waals surface area contributed by atoms with E-state index in [1.54, 1.807) is 13.8 Å². The summed E-state index contributed by atoms with van der Waals surface area (Å²) in [7, 11) is 0. The highest BCUT2D eigenvalue weighted by Gasteiger charge is 2.33. The van der Waals surface area contributed by atoms with Crippen molar-refractivity contribution in [1.29, 1.82) is 0 Å². The minimum Gasteiger partial charge on any atom is -0.479 e. The Morgan fingerprint density at radius 2 is 2.10 bits per heavy atom. The molecule has 1 fully saturated rings. The molecule has 5 nitrogen and oxygen atoms in total. The van der Waals surface area contributed by atoms with E-state index in [2.05, 4.69) is 0 Å². The molecular formula is C14H16FNO4. The number of halogens is 1. The van der Waals surface area contributed by atoms with Gasteiger partial charge in [-0.25, -0.2) is 9.18 Å². The predicted molar refractivity (Wildman–Crippen MR) is 69.0 cm³/mol. The Labute approximate surface area is 116 Å². The van der Waals surface area contributed by atoms with Gasteiger partial charge in [-0.3, -0.25) is 4.79 Å². The molecule has 1 N–H and O–H groups in total. The maximum Gasteiger partial charge on any atom is 0.334 e. The highest BCUT2D eigenvalue weighted by Crippen LogP contribution is 2.16. The lowest BCUT2D eigenvalue weighted by atomic mass is 10.1. The summed E-state index contributed by atoms with van der Waals surface area (Å²) in [6.07, 6.45) is -1.41. The Bertz CT molecular complexity index is 546. The van der Waals surface area contributed by atoms with Crippen molar-refractivity contribution in [2.75, 3.05) is 13.1 Å². The quantitative estimate of drug-likeness (QED) is 0.891. The fourth-order valence-corrected chi connectivity index (χ4v) is 2.16. The lowest BCUT2D eigenvalue weighted by Crippen LogP contribution is -2.51. The number of benzene rings is 1. The molecule has 1 aliphatic rings. The molecule has 0 saturated carbocycles. The molecular weight excluding hydrogens is 265 g/mol. The number of aliphatic carboxylic acids is 1. The van der Waals surface area contributed by atoms with Crippen LogP contribution in [-0.2, 0) is 9.53 Å². The standard InChI is InChI=1S/C14H16FNO4/c1-8-3-4-10(5-11(8)15)13(17)16-6-9(2)20-12(7-16)14(18)19/h3-5,9,12H,6-7H2,1-2H3,(H,18,19)/t9-,12?/m1/s1. The summed E-state index contributed by atoms with van der Waals surface area (Å²) in [6.45, 7) is 3.57. The Kier molecular flexibility index (Phi) is 4.04. The minimum absolute atomic E-state index is 0.0337. The van der Waals surface area contributed by atoms with Crippen molar-refractivity contribution in [2.45, 2.75) is 26.1 Å². The number of carbonyl (C=O) groups excluding carboxylic acids is 1. The first-order valence-corrected chi connectivity index (χ1v) is 6.32. The Morgan fingerprint density at radius 1 is 1.40 bits per heavy atom. The van der Waals surface area contributed by atoms with Gasteiger partial charge in [0.15, 0.2) is 6.10 Å². The van der Waals surface area contributed by atoms with Crippen LogP contribution in [0.15, 0.2) is 18.2 Å². The molecule has 1 amide bonds. The number of carboxylic acid groups (broad SMARTS) is 1. The molecule has 6 heteroatoms. The van der Waals surface area contributed by atoms with E-state index in [9.17, 15) is 14.0 Å². The van der Waals surface area contributed by atoms with Crippen LogP contribution in [0.25, 0.3) is 0 Å². The summed E-state index contributed by atoms with van der Waals surface area (Å²) >= 11 is 0. The summed E-state index contributed by atoms with van der Waals surface area (Å²) in [6, 6.07) is 4.24. The zero-order chi connectivity index (χ0) is 14.9. The molecule has 1 aliphatic heterocycles. The van der Waals surface area contributed by atoms with Crippen LogP contribution in [0.4, 0.5) is 4.39 Å². The third-order valence-corrected chi connectivity index (χ3v) is 3.24. The van der Waals surface area contributed by atoms with E-state index in [4.69, 9.17) is 9.84 Å². The molecule has 1 aromatic rings. The third-order valence-electron chi connectivity index (χ3n) is 3.24. The van der Waals surface area contributed by atoms with E-state index in [-0.39, 0.29) is 30.7 Å². The van der Waals surface area contributed by atoms with E-state index in [0.717, 1.165) is 0 Å². The molecule has 0 radical (unpaired) electrons. The molecule has 1 saturated heterocycles. The molecule has 1 heterocycles. The zero-order valence-corrected chi connectivity index (χ0v) is 11.3. The van der Waals surface area contributed by atoms with Gasteiger partial charge in [0.05, 0.1) is 12.6 Å². The molecule has 2 rings (SSSR count). The normalized spacial score (nSPS) is 22.6. The van der Waals surface area contributed by atoms with E-state index in [0.29, 0.717) is 5.56 Å². The topological polar surface area (TPSA) is 66.8 Å². The molecule has 0 aromatic heterocycles. The monoisotopic (exact) mass is 281 g/mol. The number of carbonyl (C=O) groups is 2. The van der Waals surface area contributed by atoms with Crippen molar-refractivity contribution in [2.24, 2.45) is 0 Å². The first kappa shape index (κ1) is 14.5. The minimum atomic E-state index is -1.11. The second-order valence-corrected chi connectivity index (χ2v) is 4.95. The fourth-order valence-electron chi connectivity index (χ4n) is 2.16. The number of ether oxygens (including phenoxy) is 1. The smallest absolute Gasteiger partial charge is 0.334 e. The van der Waals surface area contributed by atoms with Crippen molar-refractivity contribution in [3.8, 4) is 0 Å². The highest BCUT2D eigenvalue weighted by atomic mass is 19.1. The van der Waals surface area contributed by atoms with Crippen LogP contribution in [-0.4, -0.2) is 47.2 Å². The number of nitrogens with zero attached hydrogens (tertiary/aromatic N) is 1. The molecule has 0 bridgehead atoms. The van der Waals surface area contributed by atoms with Crippen molar-refractivity contribution < 1.29 is 23.8 Å². The predicted octanol–water partition coefficient (Wildman–Crippen LogP) is 1.45. The lowest BCUT2D eigenvalue weighted by molar-refractivity contribution is -0.160. The number of aryl methyl sites for hydroxylation is 1. The largest absolute Gasteiger partial charge is 0.479 e. The Morgan fingerprint density at radius 3 is 2.70 bits per heavy atom. The number of amides is 1. The lowest BCUT2D eigenvalue weighted by Gasteiger charge is -2.35. The maximum absolute atomic E-state index is 13.5. The van der Waals surface area contributed by atoms with E-state index in [1.165, 1.54) is 23.1 Å². The summed E-state index contributed by atoms with van der Waals surface area (Å²) < 4.78 is 18.7. The van der Waals surface area contributed by atoms with Crippen LogP contribution in [0.1, 0.15) is 22.8 Å². The number of rotatable bonds is 2. The van der Waals surface area contributed by atoms with Gasteiger partial charge in [0.1, 0.15) is 5.82 Å². The van der Waals surface area contributed by atoms with E-state index >= 15 is 0 Å². The van der Waals surface area contributed by atoms with E-state index in [1.807, 2.05) is 0 Å². The van der Waals surface area contributed by atoms with Crippen molar-refractivity contribution in [1.82, 2.24) is 4.90 Å². The van der Waals surface area contributed by atoms with Crippen molar-refractivity contribution in [3.63, 3.8) is 0 Å². The third kappa shape index (κ3) is 2.96. The number of hydrogen-bond acceptors (Lipinski definition) is 3. The summed E-state index contributed by atoms with van der Waals surface area (Å²) in [5.41, 5.74) is 0.673. The van der Waals surface area contributed by atoms with Gasteiger partial charge >= 0.3 is 5.97 Å². The molecule has 2 atom stereocenters. The van der Waals surface area contributed by atoms with Gasteiger partial charge in [0.2, 0.25) is 0 Å². The van der Waals surface area contributed by atoms with Crippen molar-refractivity contribution in [3.05, 3.63) is 35.1 Å². The zero-order valence-electron chi connectivity index (χ0n) is 11.3. The first-order chi connectivity index (χ1) is 9.38. The summed E-state index contributed by atoms with van der Waals surface area (Å²) in [5, 5.41) is 8.98. The van der Waals surface area contributed by atoms with E-state index < -0.39 is 17.9 Å². The molecule has 108 valence electrons. The SMILES string of the molecule is Cc1ccc(C(=O)N2CC(C(=O)O)O[C@H](C)C2)cc1F. The van der Waals surface area contributed by atoms with Crippen molar-refractivity contribution >= 4 is 11.9 Å². The molecule has 1 aromatic carbocycles. The first-order valence-electron chi connectivity index (χ1n) is 6.32. The fraction of sp³-hybridized carbons (Fsp3) is 0.429. The summed E-state index contributed by atoms with van der Waals surface area (Å²) in [4.78, 5) is 24.7. The van der Waals surface area contributed by atoms with Gasteiger partial charge in [-0.2, -0.15) is 0 Å². The van der Waals surface area contributed by atoms with Gasteiger partial charge in [0, 0.05) is 12.1 Å². The Balaban J connectivity index is 2.19.